The molecule has 15 nitrogen and oxygen atoms in total. The molecule has 3 saturated heterocycles. The number of nitrogens with two attached hydrogens (primary N) is 3. The van der Waals surface area contributed by atoms with E-state index in [2.05, 4.69) is 20.2 Å². The van der Waals surface area contributed by atoms with Crippen LogP contribution in [-0.2, 0) is 9.59 Å². The van der Waals surface area contributed by atoms with E-state index in [0.29, 0.717) is 71.7 Å². The lowest BCUT2D eigenvalue weighted by atomic mass is 9.82. The summed E-state index contributed by atoms with van der Waals surface area (Å²) in [5.74, 6) is -0.456. The third-order valence-corrected chi connectivity index (χ3v) is 7.27. The maximum atomic E-state index is 13.5. The van der Waals surface area contributed by atoms with Crippen LogP contribution in [-0.4, -0.2) is 138 Å². The van der Waals surface area contributed by atoms with E-state index in [0.717, 1.165) is 30.4 Å². The number of likely N-dealkylation sites (tertiary alicyclic amines) is 1. The Kier molecular flexibility index (Phi) is 8.18. The maximum Gasteiger partial charge on any atom is 0.327 e. The zero-order chi connectivity index (χ0) is 26.5. The fraction of sp³-hybridized carbons (Fsp3) is 0.727. The van der Waals surface area contributed by atoms with Crippen molar-refractivity contribution < 1.29 is 19.2 Å². The summed E-state index contributed by atoms with van der Waals surface area (Å²) >= 11 is 0. The normalized spacial score (nSPS) is 24.2. The Morgan fingerprint density at radius 1 is 0.946 bits per heavy atom. The fourth-order valence-corrected chi connectivity index (χ4v) is 5.17. The second-order valence-electron chi connectivity index (χ2n) is 9.60. The highest BCUT2D eigenvalue weighted by Gasteiger charge is 2.56. The number of piperazine rings is 2. The second kappa shape index (κ2) is 11.5. The standard InChI is InChI=1S/C22H37N11O4/c23-19(24)26-4-1-3-15-16(18(35)29-7-9-30(10-8-29)20(25)36)33(17(15)34)22(37)32-13-11-31(12-14-32)21-27-5-2-6-28-21/h15-16H,1-14H2,(H2,25,36)(H,27,28)(H4,23,24,26). The Morgan fingerprint density at radius 3 is 2.19 bits per heavy atom. The summed E-state index contributed by atoms with van der Waals surface area (Å²) in [6.45, 7) is 5.24. The summed E-state index contributed by atoms with van der Waals surface area (Å²) in [6, 6.07) is -1.87. The van der Waals surface area contributed by atoms with Crippen LogP contribution in [0, 0.1) is 5.92 Å². The Bertz CT molecular complexity index is 950. The van der Waals surface area contributed by atoms with Gasteiger partial charge in [-0.2, -0.15) is 0 Å². The minimum absolute atomic E-state index is 0.0368. The molecule has 2 atom stereocenters. The lowest BCUT2D eigenvalue weighted by Gasteiger charge is -2.49. The molecule has 6 amide bonds. The van der Waals surface area contributed by atoms with Crippen molar-refractivity contribution in [1.82, 2.24) is 29.8 Å². The SMILES string of the molecule is NC(=O)N1CCN(C(=O)C2C(CCCN=C(N)N)C(=O)N2C(=O)N2CCN(C3=NCCCN3)CC2)CC1. The van der Waals surface area contributed by atoms with Gasteiger partial charge in [-0.05, 0) is 19.3 Å². The number of amides is 6. The van der Waals surface area contributed by atoms with Crippen molar-refractivity contribution in [3.63, 3.8) is 0 Å². The van der Waals surface area contributed by atoms with Crippen LogP contribution in [0.15, 0.2) is 9.98 Å². The summed E-state index contributed by atoms with van der Waals surface area (Å²) in [6.07, 6.45) is 1.89. The predicted molar refractivity (Wildman–Crippen MR) is 135 cm³/mol. The van der Waals surface area contributed by atoms with Gasteiger partial charge in [-0.15, -0.1) is 0 Å². The van der Waals surface area contributed by atoms with Crippen LogP contribution in [0.1, 0.15) is 19.3 Å². The predicted octanol–water partition coefficient (Wildman–Crippen LogP) is -2.82. The Hall–Kier alpha value is -3.78. The molecule has 0 saturated carbocycles. The maximum absolute atomic E-state index is 13.5. The molecule has 4 aliphatic rings. The summed E-state index contributed by atoms with van der Waals surface area (Å²) < 4.78 is 0. The minimum atomic E-state index is -0.887. The number of nitrogens with one attached hydrogen (secondary N) is 1. The molecule has 37 heavy (non-hydrogen) atoms. The molecule has 0 radical (unpaired) electrons. The highest BCUT2D eigenvalue weighted by Crippen LogP contribution is 2.34. The van der Waals surface area contributed by atoms with Crippen molar-refractivity contribution in [2.45, 2.75) is 25.3 Å². The van der Waals surface area contributed by atoms with Crippen LogP contribution in [0.5, 0.6) is 0 Å². The molecule has 0 aromatic carbocycles. The molecule has 0 aromatic rings. The number of urea groups is 2. The molecular formula is C22H37N11O4. The molecule has 0 aliphatic carbocycles. The number of primary amides is 1. The number of nitrogens with zero attached hydrogens (tertiary/aromatic N) is 7. The first-order valence-electron chi connectivity index (χ1n) is 12.8. The van der Waals surface area contributed by atoms with Crippen LogP contribution >= 0.6 is 0 Å². The van der Waals surface area contributed by atoms with Crippen LogP contribution < -0.4 is 22.5 Å². The molecule has 4 rings (SSSR count). The molecule has 204 valence electrons. The number of carbonyl (C=O) groups excluding carboxylic acids is 4. The van der Waals surface area contributed by atoms with Gasteiger partial charge in [-0.1, -0.05) is 0 Å². The van der Waals surface area contributed by atoms with Crippen LogP contribution in [0.2, 0.25) is 0 Å². The average molecular weight is 520 g/mol. The molecule has 0 bridgehead atoms. The first-order chi connectivity index (χ1) is 17.8. The zero-order valence-electron chi connectivity index (χ0n) is 21.0. The summed E-state index contributed by atoms with van der Waals surface area (Å²) in [5.41, 5.74) is 16.1. The van der Waals surface area contributed by atoms with Crippen molar-refractivity contribution in [2.24, 2.45) is 33.1 Å². The quantitative estimate of drug-likeness (QED) is 0.129. The van der Waals surface area contributed by atoms with E-state index in [-0.39, 0.29) is 17.8 Å². The van der Waals surface area contributed by atoms with E-state index in [9.17, 15) is 19.2 Å². The molecule has 4 aliphatic heterocycles. The molecule has 7 N–H and O–H groups in total. The van der Waals surface area contributed by atoms with Gasteiger partial charge in [0.1, 0.15) is 6.04 Å². The summed E-state index contributed by atoms with van der Waals surface area (Å²) in [7, 11) is 0. The van der Waals surface area contributed by atoms with Gasteiger partial charge in [0.05, 0.1) is 5.92 Å². The highest BCUT2D eigenvalue weighted by atomic mass is 16.2. The topological polar surface area (TPSA) is 199 Å². The largest absolute Gasteiger partial charge is 0.370 e. The van der Waals surface area contributed by atoms with E-state index >= 15 is 0 Å². The zero-order valence-corrected chi connectivity index (χ0v) is 21.0. The van der Waals surface area contributed by atoms with Gasteiger partial charge in [0.25, 0.3) is 0 Å². The lowest BCUT2D eigenvalue weighted by Crippen LogP contribution is -2.72. The molecule has 2 unspecified atom stereocenters. The summed E-state index contributed by atoms with van der Waals surface area (Å²) in [5, 5.41) is 3.29. The number of carbonyl (C=O) groups is 4. The number of hydrogen-bond donors (Lipinski definition) is 4. The number of β-lactam (4-membered cyclic amide) rings is 1. The van der Waals surface area contributed by atoms with E-state index in [4.69, 9.17) is 17.2 Å². The van der Waals surface area contributed by atoms with E-state index in [1.807, 2.05) is 0 Å². The van der Waals surface area contributed by atoms with Crippen LogP contribution in [0.3, 0.4) is 0 Å². The average Bonchev–Trinajstić information content (AvgIpc) is 2.91. The third-order valence-electron chi connectivity index (χ3n) is 7.27. The lowest BCUT2D eigenvalue weighted by molar-refractivity contribution is -0.164. The van der Waals surface area contributed by atoms with Crippen molar-refractivity contribution in [1.29, 1.82) is 0 Å². The van der Waals surface area contributed by atoms with Gasteiger partial charge in [0.2, 0.25) is 11.8 Å². The van der Waals surface area contributed by atoms with Gasteiger partial charge >= 0.3 is 12.1 Å². The first kappa shape index (κ1) is 26.3. The van der Waals surface area contributed by atoms with Crippen LogP contribution in [0.4, 0.5) is 9.59 Å². The minimum Gasteiger partial charge on any atom is -0.370 e. The number of rotatable bonds is 5. The summed E-state index contributed by atoms with van der Waals surface area (Å²) in [4.78, 5) is 68.0. The Morgan fingerprint density at radius 2 is 1.59 bits per heavy atom. The van der Waals surface area contributed by atoms with Crippen molar-refractivity contribution in [3.05, 3.63) is 0 Å². The Balaban J connectivity index is 1.41. The smallest absolute Gasteiger partial charge is 0.327 e. The molecular weight excluding hydrogens is 482 g/mol. The number of aliphatic imine (C=N–C) groups is 2. The molecule has 0 spiro atoms. The first-order valence-corrected chi connectivity index (χ1v) is 12.8. The van der Waals surface area contributed by atoms with Gasteiger partial charge < -0.3 is 42.1 Å². The number of hydrogen-bond acceptors (Lipinski definition) is 8. The van der Waals surface area contributed by atoms with Gasteiger partial charge in [-0.3, -0.25) is 24.5 Å². The van der Waals surface area contributed by atoms with E-state index < -0.39 is 24.0 Å². The fourth-order valence-electron chi connectivity index (χ4n) is 5.17. The number of imide groups is 1. The van der Waals surface area contributed by atoms with E-state index in [1.54, 1.807) is 9.80 Å². The second-order valence-corrected chi connectivity index (χ2v) is 9.60. The van der Waals surface area contributed by atoms with Gasteiger partial charge in [0.15, 0.2) is 11.9 Å². The molecule has 3 fully saturated rings. The third kappa shape index (κ3) is 5.80. The number of guanidine groups is 2. The van der Waals surface area contributed by atoms with Crippen LogP contribution in [0.25, 0.3) is 0 Å². The van der Waals surface area contributed by atoms with Crippen molar-refractivity contribution >= 4 is 35.8 Å². The van der Waals surface area contributed by atoms with E-state index in [1.165, 1.54) is 4.90 Å². The monoisotopic (exact) mass is 519 g/mol. The van der Waals surface area contributed by atoms with Crippen molar-refractivity contribution in [3.8, 4) is 0 Å². The van der Waals surface area contributed by atoms with Gasteiger partial charge in [0, 0.05) is 72.0 Å². The molecule has 0 aromatic heterocycles. The Labute approximate surface area is 215 Å². The molecule has 4 heterocycles. The highest BCUT2D eigenvalue weighted by molar-refractivity contribution is 6.09. The van der Waals surface area contributed by atoms with Gasteiger partial charge in [-0.25, -0.2) is 9.59 Å². The van der Waals surface area contributed by atoms with Crippen molar-refractivity contribution in [2.75, 3.05) is 72.0 Å². The molecule has 15 heteroatoms.